The lowest BCUT2D eigenvalue weighted by Gasteiger charge is -2.34. The number of nitrogens with zero attached hydrogens (tertiary/aromatic N) is 4. The molecule has 25 heavy (non-hydrogen) atoms. The molecular formula is C19H22N4O2. The highest BCUT2D eigenvalue weighted by Crippen LogP contribution is 2.26. The summed E-state index contributed by atoms with van der Waals surface area (Å²) < 4.78 is 0. The summed E-state index contributed by atoms with van der Waals surface area (Å²) in [7, 11) is 0. The highest BCUT2D eigenvalue weighted by atomic mass is 16.3. The molecule has 0 saturated carbocycles. The number of carbonyl (C=O) groups excluding carboxylic acids is 1. The first-order chi connectivity index (χ1) is 12.1. The van der Waals surface area contributed by atoms with E-state index >= 15 is 0 Å². The first kappa shape index (κ1) is 16.2. The zero-order valence-corrected chi connectivity index (χ0v) is 14.1. The Morgan fingerprint density at radius 1 is 1.20 bits per heavy atom. The normalized spacial score (nSPS) is 23.5. The molecule has 1 amide bonds. The number of hydrogen-bond acceptors (Lipinski definition) is 5. The van der Waals surface area contributed by atoms with Crippen LogP contribution in [0.5, 0.6) is 0 Å². The van der Waals surface area contributed by atoms with E-state index < -0.39 is 5.60 Å². The number of aliphatic hydroxyl groups is 1. The molecule has 1 aromatic heterocycles. The summed E-state index contributed by atoms with van der Waals surface area (Å²) >= 11 is 0. The van der Waals surface area contributed by atoms with Crippen LogP contribution in [0.25, 0.3) is 0 Å². The van der Waals surface area contributed by atoms with E-state index in [1.807, 2.05) is 0 Å². The van der Waals surface area contributed by atoms with Gasteiger partial charge >= 0.3 is 0 Å². The maximum absolute atomic E-state index is 12.5. The van der Waals surface area contributed by atoms with E-state index in [0.29, 0.717) is 31.7 Å². The third-order valence-electron chi connectivity index (χ3n) is 5.13. The average molecular weight is 338 g/mol. The zero-order chi connectivity index (χ0) is 17.3. The molecule has 6 heteroatoms. The van der Waals surface area contributed by atoms with Gasteiger partial charge in [0.1, 0.15) is 5.69 Å². The zero-order valence-electron chi connectivity index (χ0n) is 14.1. The number of carbonyl (C=O) groups is 1. The molecule has 0 spiro atoms. The number of benzene rings is 1. The van der Waals surface area contributed by atoms with Crippen LogP contribution in [0.15, 0.2) is 42.9 Å². The van der Waals surface area contributed by atoms with E-state index in [0.717, 1.165) is 19.5 Å². The molecule has 1 aromatic carbocycles. The smallest absolute Gasteiger partial charge is 0.274 e. The molecule has 1 atom stereocenters. The standard InChI is InChI=1S/C19H22N4O2/c24-18(17-11-20-7-8-21-17)23-10-6-19(25,14-23)13-22-9-5-15-3-1-2-4-16(15)12-22/h1-4,7-8,11,25H,5-6,9-10,12-14H2/t19-/m0/s1. The molecule has 0 unspecified atom stereocenters. The fourth-order valence-electron chi connectivity index (χ4n) is 3.84. The van der Waals surface area contributed by atoms with Crippen LogP contribution in [0.1, 0.15) is 28.0 Å². The minimum atomic E-state index is -0.857. The predicted octanol–water partition coefficient (Wildman–Crippen LogP) is 1.11. The number of likely N-dealkylation sites (tertiary alicyclic amines) is 1. The molecule has 1 saturated heterocycles. The summed E-state index contributed by atoms with van der Waals surface area (Å²) in [6, 6.07) is 8.48. The Hall–Kier alpha value is -2.31. The van der Waals surface area contributed by atoms with Crippen molar-refractivity contribution >= 4 is 5.91 Å². The van der Waals surface area contributed by atoms with Crippen molar-refractivity contribution < 1.29 is 9.90 Å². The first-order valence-electron chi connectivity index (χ1n) is 8.70. The molecule has 130 valence electrons. The van der Waals surface area contributed by atoms with Crippen LogP contribution in [0, 0.1) is 0 Å². The molecule has 2 aromatic rings. The van der Waals surface area contributed by atoms with Gasteiger partial charge in [-0.15, -0.1) is 0 Å². The molecule has 2 aliphatic heterocycles. The lowest BCUT2D eigenvalue weighted by atomic mass is 9.97. The van der Waals surface area contributed by atoms with Crippen molar-refractivity contribution in [3.05, 3.63) is 59.7 Å². The summed E-state index contributed by atoms with van der Waals surface area (Å²) in [4.78, 5) is 24.5. The van der Waals surface area contributed by atoms with Gasteiger partial charge in [-0.25, -0.2) is 4.98 Å². The molecule has 1 N–H and O–H groups in total. The SMILES string of the molecule is O=C(c1cnccn1)N1CC[C@](O)(CN2CCc3ccccc3C2)C1. The molecule has 0 bridgehead atoms. The molecule has 1 fully saturated rings. The predicted molar refractivity (Wildman–Crippen MR) is 92.9 cm³/mol. The van der Waals surface area contributed by atoms with Crippen molar-refractivity contribution in [2.45, 2.75) is 25.0 Å². The van der Waals surface area contributed by atoms with Crippen LogP contribution in [-0.4, -0.2) is 62.6 Å². The van der Waals surface area contributed by atoms with Gasteiger partial charge in [-0.3, -0.25) is 14.7 Å². The van der Waals surface area contributed by atoms with Crippen LogP contribution < -0.4 is 0 Å². The summed E-state index contributed by atoms with van der Waals surface area (Å²) in [5, 5.41) is 11.0. The summed E-state index contributed by atoms with van der Waals surface area (Å²) in [5.41, 5.74) is 2.21. The van der Waals surface area contributed by atoms with Gasteiger partial charge in [-0.1, -0.05) is 24.3 Å². The molecule has 6 nitrogen and oxygen atoms in total. The van der Waals surface area contributed by atoms with E-state index in [2.05, 4.69) is 39.1 Å². The summed E-state index contributed by atoms with van der Waals surface area (Å²) in [6.45, 7) is 3.29. The second-order valence-corrected chi connectivity index (χ2v) is 7.02. The first-order valence-corrected chi connectivity index (χ1v) is 8.70. The molecule has 0 aliphatic carbocycles. The van der Waals surface area contributed by atoms with Crippen LogP contribution >= 0.6 is 0 Å². The van der Waals surface area contributed by atoms with E-state index in [1.165, 1.54) is 23.5 Å². The van der Waals surface area contributed by atoms with E-state index in [4.69, 9.17) is 0 Å². The second kappa shape index (κ2) is 6.54. The number of aromatic nitrogens is 2. The van der Waals surface area contributed by atoms with Gasteiger partial charge in [0.05, 0.1) is 18.3 Å². The lowest BCUT2D eigenvalue weighted by molar-refractivity contribution is 0.00799. The number of fused-ring (bicyclic) bond motifs is 1. The Labute approximate surface area is 147 Å². The van der Waals surface area contributed by atoms with Gasteiger partial charge in [-0.2, -0.15) is 0 Å². The van der Waals surface area contributed by atoms with E-state index in [-0.39, 0.29) is 5.91 Å². The molecular weight excluding hydrogens is 316 g/mol. The Bertz CT molecular complexity index is 767. The maximum Gasteiger partial charge on any atom is 0.274 e. The van der Waals surface area contributed by atoms with Gasteiger partial charge in [0.25, 0.3) is 5.91 Å². The third kappa shape index (κ3) is 3.41. The van der Waals surface area contributed by atoms with E-state index in [1.54, 1.807) is 11.1 Å². The number of amides is 1. The third-order valence-corrected chi connectivity index (χ3v) is 5.13. The monoisotopic (exact) mass is 338 g/mol. The lowest BCUT2D eigenvalue weighted by Crippen LogP contribution is -2.47. The number of rotatable bonds is 3. The summed E-state index contributed by atoms with van der Waals surface area (Å²) in [5.74, 6) is -0.159. The Morgan fingerprint density at radius 3 is 2.84 bits per heavy atom. The number of β-amino-alcohol motifs (C(OH)–C–C–N with tert-alkyl or cyclic N) is 1. The van der Waals surface area contributed by atoms with Crippen molar-refractivity contribution in [3.63, 3.8) is 0 Å². The molecule has 2 aliphatic rings. The van der Waals surface area contributed by atoms with Crippen LogP contribution in [0.2, 0.25) is 0 Å². The van der Waals surface area contributed by atoms with E-state index in [9.17, 15) is 9.90 Å². The Kier molecular flexibility index (Phi) is 4.23. The highest BCUT2D eigenvalue weighted by Gasteiger charge is 2.40. The molecule has 0 radical (unpaired) electrons. The summed E-state index contributed by atoms with van der Waals surface area (Å²) in [6.07, 6.45) is 6.14. The van der Waals surface area contributed by atoms with Crippen molar-refractivity contribution in [1.29, 1.82) is 0 Å². The minimum absolute atomic E-state index is 0.159. The van der Waals surface area contributed by atoms with Gasteiger partial charge in [0, 0.05) is 38.6 Å². The van der Waals surface area contributed by atoms with Gasteiger partial charge in [0.2, 0.25) is 0 Å². The largest absolute Gasteiger partial charge is 0.387 e. The highest BCUT2D eigenvalue weighted by molar-refractivity contribution is 5.92. The van der Waals surface area contributed by atoms with Crippen molar-refractivity contribution in [2.24, 2.45) is 0 Å². The minimum Gasteiger partial charge on any atom is -0.387 e. The Morgan fingerprint density at radius 2 is 2.04 bits per heavy atom. The van der Waals surface area contributed by atoms with Gasteiger partial charge < -0.3 is 10.0 Å². The van der Waals surface area contributed by atoms with Crippen LogP contribution in [0.4, 0.5) is 0 Å². The van der Waals surface area contributed by atoms with Crippen molar-refractivity contribution in [3.8, 4) is 0 Å². The molecule has 4 rings (SSSR count). The number of hydrogen-bond donors (Lipinski definition) is 1. The quantitative estimate of drug-likeness (QED) is 0.908. The molecule has 3 heterocycles. The van der Waals surface area contributed by atoms with Crippen LogP contribution in [0.3, 0.4) is 0 Å². The topological polar surface area (TPSA) is 69.6 Å². The van der Waals surface area contributed by atoms with Gasteiger partial charge in [-0.05, 0) is 24.0 Å². The second-order valence-electron chi connectivity index (χ2n) is 7.02. The Balaban J connectivity index is 1.40. The van der Waals surface area contributed by atoms with Gasteiger partial charge in [0.15, 0.2) is 0 Å². The fraction of sp³-hybridized carbons (Fsp3) is 0.421. The van der Waals surface area contributed by atoms with Crippen LogP contribution in [-0.2, 0) is 13.0 Å². The average Bonchev–Trinajstić information content (AvgIpc) is 3.03. The fourth-order valence-corrected chi connectivity index (χ4v) is 3.84. The van der Waals surface area contributed by atoms with Crippen molar-refractivity contribution in [2.75, 3.05) is 26.2 Å². The maximum atomic E-state index is 12.5. The van der Waals surface area contributed by atoms with Crippen molar-refractivity contribution in [1.82, 2.24) is 19.8 Å².